The molecule has 92 valence electrons. The van der Waals surface area contributed by atoms with Crippen molar-refractivity contribution in [3.63, 3.8) is 0 Å². The van der Waals surface area contributed by atoms with E-state index in [9.17, 15) is 4.79 Å². The standard InChI is InChI=1S/C12H23N3O/c1-12(5-6-13-9-12)11(16)14-8-10-4-3-7-15(10)2/h10,13H,3-9H2,1-2H3,(H,14,16). The van der Waals surface area contributed by atoms with Gasteiger partial charge >= 0.3 is 0 Å². The molecule has 2 heterocycles. The molecule has 0 aromatic carbocycles. The average Bonchev–Trinajstić information content (AvgIpc) is 2.85. The van der Waals surface area contributed by atoms with Crippen LogP contribution in [-0.4, -0.2) is 50.1 Å². The van der Waals surface area contributed by atoms with E-state index in [1.54, 1.807) is 0 Å². The van der Waals surface area contributed by atoms with Crippen LogP contribution in [-0.2, 0) is 4.79 Å². The van der Waals surface area contributed by atoms with Gasteiger partial charge in [-0.05, 0) is 46.3 Å². The first kappa shape index (κ1) is 11.9. The summed E-state index contributed by atoms with van der Waals surface area (Å²) in [4.78, 5) is 14.4. The molecular weight excluding hydrogens is 202 g/mol. The zero-order valence-corrected chi connectivity index (χ0v) is 10.4. The lowest BCUT2D eigenvalue weighted by molar-refractivity contribution is -0.129. The number of hydrogen-bond donors (Lipinski definition) is 2. The molecule has 0 aromatic heterocycles. The summed E-state index contributed by atoms with van der Waals surface area (Å²) in [5.41, 5.74) is -0.183. The predicted octanol–water partition coefficient (Wildman–Crippen LogP) is 0.196. The lowest BCUT2D eigenvalue weighted by atomic mass is 9.89. The predicted molar refractivity (Wildman–Crippen MR) is 64.3 cm³/mol. The van der Waals surface area contributed by atoms with Crippen molar-refractivity contribution in [3.05, 3.63) is 0 Å². The van der Waals surface area contributed by atoms with Crippen LogP contribution in [0.25, 0.3) is 0 Å². The quantitative estimate of drug-likeness (QED) is 0.721. The first-order chi connectivity index (χ1) is 7.62. The third-order valence-electron chi connectivity index (χ3n) is 4.09. The van der Waals surface area contributed by atoms with Gasteiger partial charge in [-0.3, -0.25) is 4.79 Å². The monoisotopic (exact) mass is 225 g/mol. The molecule has 2 aliphatic heterocycles. The smallest absolute Gasteiger partial charge is 0.227 e. The molecule has 2 N–H and O–H groups in total. The maximum atomic E-state index is 12.1. The van der Waals surface area contributed by atoms with Gasteiger partial charge in [-0.2, -0.15) is 0 Å². The summed E-state index contributed by atoms with van der Waals surface area (Å²) in [5.74, 6) is 0.220. The number of carbonyl (C=O) groups is 1. The summed E-state index contributed by atoms with van der Waals surface area (Å²) >= 11 is 0. The van der Waals surface area contributed by atoms with E-state index in [1.165, 1.54) is 19.4 Å². The van der Waals surface area contributed by atoms with Crippen molar-refractivity contribution in [1.29, 1.82) is 0 Å². The average molecular weight is 225 g/mol. The molecule has 1 amide bonds. The highest BCUT2D eigenvalue weighted by Crippen LogP contribution is 2.24. The van der Waals surface area contributed by atoms with Crippen LogP contribution >= 0.6 is 0 Å². The van der Waals surface area contributed by atoms with Crippen LogP contribution in [0.2, 0.25) is 0 Å². The van der Waals surface area contributed by atoms with E-state index in [0.717, 1.165) is 26.1 Å². The summed E-state index contributed by atoms with van der Waals surface area (Å²) in [6.07, 6.45) is 3.43. The number of amides is 1. The molecule has 4 heteroatoms. The Morgan fingerprint density at radius 2 is 2.44 bits per heavy atom. The first-order valence-electron chi connectivity index (χ1n) is 6.31. The van der Waals surface area contributed by atoms with Crippen LogP contribution in [0.3, 0.4) is 0 Å². The van der Waals surface area contributed by atoms with E-state index in [1.807, 2.05) is 0 Å². The van der Waals surface area contributed by atoms with Crippen molar-refractivity contribution in [3.8, 4) is 0 Å². The van der Waals surface area contributed by atoms with Crippen LogP contribution in [0.15, 0.2) is 0 Å². The van der Waals surface area contributed by atoms with Crippen molar-refractivity contribution in [2.24, 2.45) is 5.41 Å². The van der Waals surface area contributed by atoms with Gasteiger partial charge in [0.15, 0.2) is 0 Å². The molecule has 0 aliphatic carbocycles. The highest BCUT2D eigenvalue weighted by atomic mass is 16.2. The molecule has 0 radical (unpaired) electrons. The molecule has 2 saturated heterocycles. The van der Waals surface area contributed by atoms with Crippen molar-refractivity contribution < 1.29 is 4.79 Å². The maximum Gasteiger partial charge on any atom is 0.227 e. The summed E-state index contributed by atoms with van der Waals surface area (Å²) in [6, 6.07) is 0.543. The minimum absolute atomic E-state index is 0.183. The molecule has 2 rings (SSSR count). The number of likely N-dealkylation sites (tertiary alicyclic amines) is 1. The van der Waals surface area contributed by atoms with Crippen LogP contribution < -0.4 is 10.6 Å². The Morgan fingerprint density at radius 3 is 3.00 bits per heavy atom. The topological polar surface area (TPSA) is 44.4 Å². The summed E-state index contributed by atoms with van der Waals surface area (Å²) in [6.45, 7) is 5.82. The van der Waals surface area contributed by atoms with Crippen molar-refractivity contribution >= 4 is 5.91 Å². The number of carbonyl (C=O) groups excluding carboxylic acids is 1. The minimum Gasteiger partial charge on any atom is -0.354 e. The third-order valence-corrected chi connectivity index (χ3v) is 4.09. The fourth-order valence-electron chi connectivity index (χ4n) is 2.67. The normalized spacial score (nSPS) is 35.5. The van der Waals surface area contributed by atoms with Gasteiger partial charge < -0.3 is 15.5 Å². The Balaban J connectivity index is 1.79. The molecule has 0 saturated carbocycles. The lowest BCUT2D eigenvalue weighted by Crippen LogP contribution is -2.45. The van der Waals surface area contributed by atoms with Crippen LogP contribution in [0.4, 0.5) is 0 Å². The molecule has 2 fully saturated rings. The van der Waals surface area contributed by atoms with Gasteiger partial charge in [0.25, 0.3) is 0 Å². The molecule has 4 nitrogen and oxygen atoms in total. The molecule has 2 unspecified atom stereocenters. The highest BCUT2D eigenvalue weighted by molar-refractivity contribution is 5.82. The van der Waals surface area contributed by atoms with Crippen LogP contribution in [0, 0.1) is 5.41 Å². The molecular formula is C12H23N3O. The Kier molecular flexibility index (Phi) is 3.50. The molecule has 0 spiro atoms. The van der Waals surface area contributed by atoms with Gasteiger partial charge in [0, 0.05) is 19.1 Å². The lowest BCUT2D eigenvalue weighted by Gasteiger charge is -2.25. The fraction of sp³-hybridized carbons (Fsp3) is 0.917. The zero-order chi connectivity index (χ0) is 11.6. The Hall–Kier alpha value is -0.610. The molecule has 2 atom stereocenters. The third kappa shape index (κ3) is 2.38. The Labute approximate surface area is 97.8 Å². The maximum absolute atomic E-state index is 12.1. The second kappa shape index (κ2) is 4.72. The second-order valence-electron chi connectivity index (χ2n) is 5.47. The van der Waals surface area contributed by atoms with Crippen LogP contribution in [0.5, 0.6) is 0 Å². The van der Waals surface area contributed by atoms with E-state index in [-0.39, 0.29) is 11.3 Å². The summed E-state index contributed by atoms with van der Waals surface area (Å²) in [7, 11) is 2.14. The number of rotatable bonds is 3. The highest BCUT2D eigenvalue weighted by Gasteiger charge is 2.36. The number of nitrogens with zero attached hydrogens (tertiary/aromatic N) is 1. The van der Waals surface area contributed by atoms with Crippen LogP contribution in [0.1, 0.15) is 26.2 Å². The van der Waals surface area contributed by atoms with Gasteiger partial charge in [0.1, 0.15) is 0 Å². The number of nitrogens with one attached hydrogen (secondary N) is 2. The van der Waals surface area contributed by atoms with Crippen molar-refractivity contribution in [2.75, 3.05) is 33.2 Å². The Morgan fingerprint density at radius 1 is 1.62 bits per heavy atom. The largest absolute Gasteiger partial charge is 0.354 e. The van der Waals surface area contributed by atoms with Crippen molar-refractivity contribution in [1.82, 2.24) is 15.5 Å². The van der Waals surface area contributed by atoms with Gasteiger partial charge in [0.2, 0.25) is 5.91 Å². The van der Waals surface area contributed by atoms with Gasteiger partial charge in [0.05, 0.1) is 5.41 Å². The zero-order valence-electron chi connectivity index (χ0n) is 10.4. The van der Waals surface area contributed by atoms with Gasteiger partial charge in [-0.25, -0.2) is 0 Å². The van der Waals surface area contributed by atoms with Gasteiger partial charge in [-0.15, -0.1) is 0 Å². The molecule has 0 bridgehead atoms. The SMILES string of the molecule is CN1CCCC1CNC(=O)C1(C)CCNC1. The Bertz CT molecular complexity index is 261. The molecule has 16 heavy (non-hydrogen) atoms. The van der Waals surface area contributed by atoms with E-state index < -0.39 is 0 Å². The van der Waals surface area contributed by atoms with E-state index in [0.29, 0.717) is 6.04 Å². The number of likely N-dealkylation sites (N-methyl/N-ethyl adjacent to an activating group) is 1. The summed E-state index contributed by atoms with van der Waals surface area (Å²) in [5, 5.41) is 6.38. The second-order valence-corrected chi connectivity index (χ2v) is 5.47. The minimum atomic E-state index is -0.183. The van der Waals surface area contributed by atoms with E-state index in [4.69, 9.17) is 0 Å². The van der Waals surface area contributed by atoms with E-state index in [2.05, 4.69) is 29.5 Å². The van der Waals surface area contributed by atoms with E-state index >= 15 is 0 Å². The summed E-state index contributed by atoms with van der Waals surface area (Å²) < 4.78 is 0. The van der Waals surface area contributed by atoms with Gasteiger partial charge in [-0.1, -0.05) is 0 Å². The molecule has 0 aromatic rings. The molecule has 2 aliphatic rings. The fourth-order valence-corrected chi connectivity index (χ4v) is 2.67. The van der Waals surface area contributed by atoms with Crippen molar-refractivity contribution in [2.45, 2.75) is 32.2 Å². The number of hydrogen-bond acceptors (Lipinski definition) is 3. The first-order valence-corrected chi connectivity index (χ1v) is 6.31.